The number of carbonyl (C=O) groups is 1. The number of nitrogens with zero attached hydrogens (tertiary/aromatic N) is 1. The molecule has 1 amide bonds. The monoisotopic (exact) mass is 269 g/mol. The number of hydrogen-bond donors (Lipinski definition) is 2. The fourth-order valence-electron chi connectivity index (χ4n) is 2.56. The first-order chi connectivity index (χ1) is 8.37. The van der Waals surface area contributed by atoms with Crippen LogP contribution >= 0.6 is 0 Å². The Morgan fingerprint density at radius 2 is 1.84 bits per heavy atom. The number of nitrogens with one attached hydrogen (secondary N) is 2. The van der Waals surface area contributed by atoms with E-state index in [1.807, 2.05) is 13.8 Å². The van der Waals surface area contributed by atoms with Crippen LogP contribution < -0.4 is 10.6 Å². The normalized spacial score (nSPS) is 28.6. The Kier molecular flexibility index (Phi) is 4.38. The second-order valence-corrected chi connectivity index (χ2v) is 7.90. The highest BCUT2D eigenvalue weighted by Gasteiger charge is 2.47. The minimum Gasteiger partial charge on any atom is -0.347 e. The van der Waals surface area contributed by atoms with Gasteiger partial charge in [-0.3, -0.25) is 9.69 Å². The molecule has 19 heavy (non-hydrogen) atoms. The summed E-state index contributed by atoms with van der Waals surface area (Å²) in [5.74, 6) is 0.116. The zero-order valence-corrected chi connectivity index (χ0v) is 13.8. The molecule has 0 aliphatic carbocycles. The van der Waals surface area contributed by atoms with Crippen molar-refractivity contribution < 1.29 is 4.79 Å². The molecule has 0 saturated carbocycles. The predicted octanol–water partition coefficient (Wildman–Crippen LogP) is 1.75. The fraction of sp³-hybridized carbons (Fsp3) is 0.933. The van der Waals surface area contributed by atoms with Gasteiger partial charge < -0.3 is 10.6 Å². The van der Waals surface area contributed by atoms with Gasteiger partial charge in [0.05, 0.1) is 11.1 Å². The molecule has 0 aromatic carbocycles. The van der Waals surface area contributed by atoms with Crippen molar-refractivity contribution in [2.24, 2.45) is 0 Å². The molecular weight excluding hydrogens is 238 g/mol. The maximum absolute atomic E-state index is 12.4. The Bertz CT molecular complexity index is 344. The fourth-order valence-corrected chi connectivity index (χ4v) is 2.56. The van der Waals surface area contributed by atoms with Crippen LogP contribution in [0.5, 0.6) is 0 Å². The van der Waals surface area contributed by atoms with E-state index >= 15 is 0 Å². The molecule has 4 nitrogen and oxygen atoms in total. The molecule has 112 valence electrons. The highest BCUT2D eigenvalue weighted by Crippen LogP contribution is 2.26. The van der Waals surface area contributed by atoms with Gasteiger partial charge in [-0.15, -0.1) is 0 Å². The van der Waals surface area contributed by atoms with Crippen LogP contribution in [0.3, 0.4) is 0 Å². The summed E-state index contributed by atoms with van der Waals surface area (Å²) in [7, 11) is 0. The zero-order valence-electron chi connectivity index (χ0n) is 13.8. The minimum atomic E-state index is -0.435. The van der Waals surface area contributed by atoms with Gasteiger partial charge in [0.2, 0.25) is 5.91 Å². The van der Waals surface area contributed by atoms with E-state index in [9.17, 15) is 4.79 Å². The van der Waals surface area contributed by atoms with E-state index in [1.54, 1.807) is 0 Å². The Labute approximate surface area is 118 Å². The van der Waals surface area contributed by atoms with Gasteiger partial charge in [0.1, 0.15) is 0 Å². The van der Waals surface area contributed by atoms with Crippen molar-refractivity contribution in [3.8, 4) is 0 Å². The molecule has 1 aliphatic heterocycles. The molecule has 0 aromatic heterocycles. The summed E-state index contributed by atoms with van der Waals surface area (Å²) < 4.78 is 0. The third-order valence-electron chi connectivity index (χ3n) is 3.84. The predicted molar refractivity (Wildman–Crippen MR) is 80.2 cm³/mol. The number of carbonyl (C=O) groups excluding carboxylic acids is 1. The summed E-state index contributed by atoms with van der Waals surface area (Å²) >= 11 is 0. The van der Waals surface area contributed by atoms with Crippen molar-refractivity contribution in [2.45, 2.75) is 78.0 Å². The van der Waals surface area contributed by atoms with Crippen LogP contribution in [0, 0.1) is 0 Å². The Hall–Kier alpha value is -0.610. The first-order valence-electron chi connectivity index (χ1n) is 7.22. The van der Waals surface area contributed by atoms with Crippen LogP contribution in [0.15, 0.2) is 0 Å². The molecule has 4 heteroatoms. The summed E-state index contributed by atoms with van der Waals surface area (Å²) in [4.78, 5) is 14.7. The molecule has 1 fully saturated rings. The largest absolute Gasteiger partial charge is 0.347 e. The van der Waals surface area contributed by atoms with Crippen molar-refractivity contribution in [3.63, 3.8) is 0 Å². The lowest BCUT2D eigenvalue weighted by molar-refractivity contribution is -0.142. The summed E-state index contributed by atoms with van der Waals surface area (Å²) in [6.45, 7) is 18.5. The second-order valence-electron chi connectivity index (χ2n) is 7.90. The van der Waals surface area contributed by atoms with Gasteiger partial charge in [-0.25, -0.2) is 0 Å². The van der Waals surface area contributed by atoms with Gasteiger partial charge in [-0.05, 0) is 55.4 Å². The Morgan fingerprint density at radius 3 is 2.26 bits per heavy atom. The molecule has 0 spiro atoms. The average molecular weight is 269 g/mol. The first kappa shape index (κ1) is 16.4. The molecule has 1 rings (SSSR count). The van der Waals surface area contributed by atoms with Gasteiger partial charge in [0.15, 0.2) is 0 Å². The van der Waals surface area contributed by atoms with E-state index in [1.165, 1.54) is 0 Å². The van der Waals surface area contributed by atoms with Crippen molar-refractivity contribution in [1.82, 2.24) is 15.5 Å². The van der Waals surface area contributed by atoms with Crippen LogP contribution in [0.4, 0.5) is 0 Å². The van der Waals surface area contributed by atoms with Gasteiger partial charge in [-0.2, -0.15) is 0 Å². The molecule has 0 bridgehead atoms. The second kappa shape index (κ2) is 5.06. The van der Waals surface area contributed by atoms with Crippen molar-refractivity contribution in [1.29, 1.82) is 0 Å². The lowest BCUT2D eigenvalue weighted by atomic mass is 9.87. The van der Waals surface area contributed by atoms with Gasteiger partial charge in [0, 0.05) is 24.7 Å². The van der Waals surface area contributed by atoms with Gasteiger partial charge in [-0.1, -0.05) is 0 Å². The van der Waals surface area contributed by atoms with Crippen LogP contribution in [-0.4, -0.2) is 46.6 Å². The zero-order chi connectivity index (χ0) is 15.1. The topological polar surface area (TPSA) is 44.4 Å². The van der Waals surface area contributed by atoms with Crippen LogP contribution in [0.1, 0.15) is 55.4 Å². The molecular formula is C15H31N3O. The summed E-state index contributed by atoms with van der Waals surface area (Å²) in [6.07, 6.45) is 0. The molecule has 1 saturated heterocycles. The quantitative estimate of drug-likeness (QED) is 0.820. The molecule has 2 N–H and O–H groups in total. The van der Waals surface area contributed by atoms with Crippen molar-refractivity contribution >= 4 is 5.91 Å². The number of hydrogen-bond acceptors (Lipinski definition) is 3. The van der Waals surface area contributed by atoms with Crippen LogP contribution in [-0.2, 0) is 4.79 Å². The number of amides is 1. The lowest BCUT2D eigenvalue weighted by Crippen LogP contribution is -2.74. The van der Waals surface area contributed by atoms with Gasteiger partial charge >= 0.3 is 0 Å². The maximum atomic E-state index is 12.4. The lowest BCUT2D eigenvalue weighted by Gasteiger charge is -2.51. The first-order valence-corrected chi connectivity index (χ1v) is 7.22. The van der Waals surface area contributed by atoms with Crippen molar-refractivity contribution in [3.05, 3.63) is 0 Å². The third-order valence-corrected chi connectivity index (χ3v) is 3.84. The maximum Gasteiger partial charge on any atom is 0.240 e. The van der Waals surface area contributed by atoms with Crippen molar-refractivity contribution in [2.75, 3.05) is 13.1 Å². The molecule has 1 aliphatic rings. The summed E-state index contributed by atoms with van der Waals surface area (Å²) in [5.41, 5.74) is -0.594. The van der Waals surface area contributed by atoms with E-state index < -0.39 is 5.54 Å². The Morgan fingerprint density at radius 1 is 1.32 bits per heavy atom. The van der Waals surface area contributed by atoms with E-state index in [0.717, 1.165) is 13.1 Å². The van der Waals surface area contributed by atoms with Gasteiger partial charge in [0.25, 0.3) is 0 Å². The SMILES string of the molecule is CC(C)N1CC(C)(CNC(C)(C)C)NC(=O)C1(C)C. The van der Waals surface area contributed by atoms with Crippen LogP contribution in [0.2, 0.25) is 0 Å². The molecule has 1 atom stereocenters. The highest BCUT2D eigenvalue weighted by molar-refractivity contribution is 5.87. The standard InChI is InChI=1S/C15H31N3O/c1-11(2)18-10-15(8,9-16-13(3,4)5)17-12(19)14(18,6)7/h11,16H,9-10H2,1-8H3,(H,17,19). The summed E-state index contributed by atoms with van der Waals surface area (Å²) in [6, 6.07) is 0.356. The average Bonchev–Trinajstić information content (AvgIpc) is 2.20. The van der Waals surface area contributed by atoms with E-state index in [0.29, 0.717) is 6.04 Å². The van der Waals surface area contributed by atoms with E-state index in [2.05, 4.69) is 57.1 Å². The smallest absolute Gasteiger partial charge is 0.240 e. The number of piperazine rings is 1. The molecule has 0 radical (unpaired) electrons. The molecule has 1 unspecified atom stereocenters. The highest BCUT2D eigenvalue weighted by atomic mass is 16.2. The molecule has 1 heterocycles. The van der Waals surface area contributed by atoms with E-state index in [-0.39, 0.29) is 17.0 Å². The summed E-state index contributed by atoms with van der Waals surface area (Å²) in [5, 5.41) is 6.70. The Balaban J connectivity index is 2.86. The third kappa shape index (κ3) is 3.93. The molecule has 0 aromatic rings. The number of rotatable bonds is 3. The van der Waals surface area contributed by atoms with Crippen LogP contribution in [0.25, 0.3) is 0 Å². The minimum absolute atomic E-state index is 0.0589. The van der Waals surface area contributed by atoms with E-state index in [4.69, 9.17) is 0 Å².